The molecule has 0 saturated carbocycles. The zero-order valence-electron chi connectivity index (χ0n) is 10.9. The standard InChI is InChI=1S/C13H23N3O/c1-3-11-16-13(7-9-15-16)6-4-5-8-14-10-12-17-2/h4,6-7,9,14H,3,5,8,10-12H2,1-2H3. The molecule has 0 bridgehead atoms. The first kappa shape index (κ1) is 13.9. The fraction of sp³-hybridized carbons (Fsp3) is 0.615. The van der Waals surface area contributed by atoms with Gasteiger partial charge < -0.3 is 10.1 Å². The van der Waals surface area contributed by atoms with Crippen molar-refractivity contribution in [1.29, 1.82) is 0 Å². The molecule has 4 heteroatoms. The van der Waals surface area contributed by atoms with E-state index in [-0.39, 0.29) is 0 Å². The number of rotatable bonds is 9. The summed E-state index contributed by atoms with van der Waals surface area (Å²) in [7, 11) is 1.72. The van der Waals surface area contributed by atoms with Gasteiger partial charge in [0.05, 0.1) is 12.3 Å². The van der Waals surface area contributed by atoms with Crippen LogP contribution in [0.15, 0.2) is 18.3 Å². The van der Waals surface area contributed by atoms with E-state index in [0.29, 0.717) is 0 Å². The van der Waals surface area contributed by atoms with Crippen molar-refractivity contribution in [3.05, 3.63) is 24.0 Å². The van der Waals surface area contributed by atoms with Crippen molar-refractivity contribution in [2.24, 2.45) is 0 Å². The normalized spacial score (nSPS) is 11.4. The smallest absolute Gasteiger partial charge is 0.0606 e. The highest BCUT2D eigenvalue weighted by atomic mass is 16.5. The highest BCUT2D eigenvalue weighted by molar-refractivity contribution is 5.44. The predicted octanol–water partition coefficient (Wildman–Crippen LogP) is 1.93. The van der Waals surface area contributed by atoms with Gasteiger partial charge in [0.25, 0.3) is 0 Å². The molecular weight excluding hydrogens is 214 g/mol. The largest absolute Gasteiger partial charge is 0.383 e. The minimum Gasteiger partial charge on any atom is -0.383 e. The number of ether oxygens (including phenoxy) is 1. The van der Waals surface area contributed by atoms with Crippen molar-refractivity contribution >= 4 is 6.08 Å². The van der Waals surface area contributed by atoms with Crippen molar-refractivity contribution < 1.29 is 4.74 Å². The lowest BCUT2D eigenvalue weighted by atomic mass is 10.3. The molecule has 0 amide bonds. The van der Waals surface area contributed by atoms with Crippen LogP contribution < -0.4 is 5.32 Å². The fourth-order valence-electron chi connectivity index (χ4n) is 1.57. The predicted molar refractivity (Wildman–Crippen MR) is 70.9 cm³/mol. The Hall–Kier alpha value is -1.13. The topological polar surface area (TPSA) is 39.1 Å². The second-order valence-electron chi connectivity index (χ2n) is 3.91. The van der Waals surface area contributed by atoms with Crippen LogP contribution in [0.25, 0.3) is 6.08 Å². The van der Waals surface area contributed by atoms with Crippen LogP contribution in [0.3, 0.4) is 0 Å². The Bertz CT molecular complexity index is 320. The zero-order chi connectivity index (χ0) is 12.3. The van der Waals surface area contributed by atoms with Crippen molar-refractivity contribution in [2.45, 2.75) is 26.3 Å². The van der Waals surface area contributed by atoms with Crippen molar-refractivity contribution in [2.75, 3.05) is 26.8 Å². The van der Waals surface area contributed by atoms with Gasteiger partial charge in [-0.15, -0.1) is 0 Å². The van der Waals surface area contributed by atoms with E-state index in [1.165, 1.54) is 5.69 Å². The molecule has 1 aromatic rings. The number of nitrogens with zero attached hydrogens (tertiary/aromatic N) is 2. The second-order valence-corrected chi connectivity index (χ2v) is 3.91. The van der Waals surface area contributed by atoms with Gasteiger partial charge >= 0.3 is 0 Å². The summed E-state index contributed by atoms with van der Waals surface area (Å²) in [5.41, 5.74) is 1.18. The van der Waals surface area contributed by atoms with Crippen LogP contribution >= 0.6 is 0 Å². The van der Waals surface area contributed by atoms with Crippen LogP contribution in [0.1, 0.15) is 25.5 Å². The molecule has 0 atom stereocenters. The minimum absolute atomic E-state index is 0.771. The molecule has 0 aliphatic heterocycles. The molecule has 4 nitrogen and oxygen atoms in total. The Balaban J connectivity index is 2.21. The van der Waals surface area contributed by atoms with Crippen LogP contribution in [-0.4, -0.2) is 36.6 Å². The van der Waals surface area contributed by atoms with Crippen molar-refractivity contribution in [1.82, 2.24) is 15.1 Å². The summed E-state index contributed by atoms with van der Waals surface area (Å²) < 4.78 is 6.99. The average molecular weight is 237 g/mol. The summed E-state index contributed by atoms with van der Waals surface area (Å²) in [6.07, 6.45) is 8.32. The molecule has 0 fully saturated rings. The Labute approximate surface area is 104 Å². The SMILES string of the molecule is CCCn1nccc1C=CCCNCCOC. The molecule has 0 aromatic carbocycles. The minimum atomic E-state index is 0.771. The van der Waals surface area contributed by atoms with Crippen LogP contribution in [0.2, 0.25) is 0 Å². The van der Waals surface area contributed by atoms with Gasteiger partial charge in [0, 0.05) is 26.4 Å². The lowest BCUT2D eigenvalue weighted by Gasteiger charge is -2.02. The number of aromatic nitrogens is 2. The summed E-state index contributed by atoms with van der Waals surface area (Å²) in [5.74, 6) is 0. The number of aryl methyl sites for hydroxylation is 1. The lowest BCUT2D eigenvalue weighted by Crippen LogP contribution is -2.19. The Kier molecular flexibility index (Phi) is 7.34. The third kappa shape index (κ3) is 5.65. The number of hydrogen-bond acceptors (Lipinski definition) is 3. The Morgan fingerprint density at radius 1 is 1.47 bits per heavy atom. The molecule has 17 heavy (non-hydrogen) atoms. The molecular formula is C13H23N3O. The lowest BCUT2D eigenvalue weighted by molar-refractivity contribution is 0.199. The fourth-order valence-corrected chi connectivity index (χ4v) is 1.57. The van der Waals surface area contributed by atoms with E-state index in [1.807, 2.05) is 16.9 Å². The molecule has 0 spiro atoms. The van der Waals surface area contributed by atoms with Gasteiger partial charge in [-0.25, -0.2) is 0 Å². The van der Waals surface area contributed by atoms with E-state index >= 15 is 0 Å². The number of nitrogens with one attached hydrogen (secondary N) is 1. The maximum atomic E-state index is 4.96. The van der Waals surface area contributed by atoms with Gasteiger partial charge in [0.1, 0.15) is 0 Å². The van der Waals surface area contributed by atoms with E-state index in [2.05, 4.69) is 29.5 Å². The summed E-state index contributed by atoms with van der Waals surface area (Å²) in [6.45, 7) is 5.82. The molecule has 1 N–H and O–H groups in total. The zero-order valence-corrected chi connectivity index (χ0v) is 10.9. The van der Waals surface area contributed by atoms with E-state index in [9.17, 15) is 0 Å². The first-order valence-corrected chi connectivity index (χ1v) is 6.26. The van der Waals surface area contributed by atoms with Crippen LogP contribution in [0.5, 0.6) is 0 Å². The monoisotopic (exact) mass is 237 g/mol. The van der Waals surface area contributed by atoms with E-state index in [4.69, 9.17) is 4.74 Å². The van der Waals surface area contributed by atoms with Gasteiger partial charge in [-0.05, 0) is 31.5 Å². The maximum absolute atomic E-state index is 4.96. The van der Waals surface area contributed by atoms with Gasteiger partial charge in [-0.3, -0.25) is 4.68 Å². The number of methoxy groups -OCH3 is 1. The maximum Gasteiger partial charge on any atom is 0.0606 e. The highest BCUT2D eigenvalue weighted by Gasteiger charge is 1.95. The molecule has 1 heterocycles. The van der Waals surface area contributed by atoms with Gasteiger partial charge in [-0.1, -0.05) is 13.0 Å². The molecule has 0 aliphatic rings. The van der Waals surface area contributed by atoms with Crippen LogP contribution in [0.4, 0.5) is 0 Å². The second kappa shape index (κ2) is 8.96. The average Bonchev–Trinajstić information content (AvgIpc) is 2.76. The Morgan fingerprint density at radius 2 is 2.35 bits per heavy atom. The van der Waals surface area contributed by atoms with Gasteiger partial charge in [0.15, 0.2) is 0 Å². The van der Waals surface area contributed by atoms with Crippen molar-refractivity contribution in [3.8, 4) is 0 Å². The van der Waals surface area contributed by atoms with Crippen molar-refractivity contribution in [3.63, 3.8) is 0 Å². The Morgan fingerprint density at radius 3 is 3.12 bits per heavy atom. The molecule has 0 radical (unpaired) electrons. The molecule has 1 aromatic heterocycles. The number of hydrogen-bond donors (Lipinski definition) is 1. The van der Waals surface area contributed by atoms with Gasteiger partial charge in [0.2, 0.25) is 0 Å². The summed E-state index contributed by atoms with van der Waals surface area (Å²) in [5, 5.41) is 7.59. The first-order chi connectivity index (χ1) is 8.38. The molecule has 0 unspecified atom stereocenters. The molecule has 96 valence electrons. The van der Waals surface area contributed by atoms with E-state index in [1.54, 1.807) is 7.11 Å². The molecule has 0 saturated heterocycles. The highest BCUT2D eigenvalue weighted by Crippen LogP contribution is 2.03. The summed E-state index contributed by atoms with van der Waals surface area (Å²) in [4.78, 5) is 0. The quantitative estimate of drug-likeness (QED) is 0.667. The summed E-state index contributed by atoms with van der Waals surface area (Å²) in [6, 6.07) is 2.05. The summed E-state index contributed by atoms with van der Waals surface area (Å²) >= 11 is 0. The molecule has 0 aliphatic carbocycles. The first-order valence-electron chi connectivity index (χ1n) is 6.26. The third-order valence-electron chi connectivity index (χ3n) is 2.44. The van der Waals surface area contributed by atoms with E-state index in [0.717, 1.165) is 39.1 Å². The van der Waals surface area contributed by atoms with Crippen LogP contribution in [-0.2, 0) is 11.3 Å². The van der Waals surface area contributed by atoms with E-state index < -0.39 is 0 Å². The van der Waals surface area contributed by atoms with Crippen LogP contribution in [0, 0.1) is 0 Å². The van der Waals surface area contributed by atoms with Gasteiger partial charge in [-0.2, -0.15) is 5.10 Å². The third-order valence-corrected chi connectivity index (χ3v) is 2.44. The molecule has 1 rings (SSSR count).